The molecule has 0 radical (unpaired) electrons. The number of carbonyl (C=O) groups is 2. The third-order valence-corrected chi connectivity index (χ3v) is 3.20. The van der Waals surface area contributed by atoms with E-state index in [0.29, 0.717) is 5.70 Å². The Balaban J connectivity index is 2.29. The summed E-state index contributed by atoms with van der Waals surface area (Å²) in [6.45, 7) is 0.838. The van der Waals surface area contributed by atoms with Gasteiger partial charge in [0.15, 0.2) is 0 Å². The number of hydrogen-bond donors (Lipinski definition) is 0. The molecule has 1 unspecified atom stereocenters. The molecule has 2 rings (SSSR count). The number of amides is 1. The largest absolute Gasteiger partial charge is 0.464 e. The van der Waals surface area contributed by atoms with Gasteiger partial charge in [-0.3, -0.25) is 4.79 Å². The fraction of sp³-hybridized carbons (Fsp3) is 0.636. The first-order chi connectivity index (χ1) is 7.65. The van der Waals surface area contributed by atoms with Crippen molar-refractivity contribution in [2.24, 2.45) is 0 Å². The molecule has 16 heavy (non-hydrogen) atoms. The van der Waals surface area contributed by atoms with E-state index in [9.17, 15) is 9.59 Å². The van der Waals surface area contributed by atoms with Crippen molar-refractivity contribution in [1.82, 2.24) is 9.80 Å². The van der Waals surface area contributed by atoms with E-state index in [0.717, 1.165) is 25.8 Å². The lowest BCUT2D eigenvalue weighted by Gasteiger charge is -2.40. The van der Waals surface area contributed by atoms with E-state index in [4.69, 9.17) is 0 Å². The molecule has 5 heteroatoms. The van der Waals surface area contributed by atoms with E-state index in [2.05, 4.69) is 4.74 Å². The molecule has 5 nitrogen and oxygen atoms in total. The molecule has 0 aromatic heterocycles. The topological polar surface area (TPSA) is 49.9 Å². The molecule has 1 atom stereocenters. The van der Waals surface area contributed by atoms with Gasteiger partial charge in [0, 0.05) is 19.8 Å². The van der Waals surface area contributed by atoms with Crippen LogP contribution in [0.25, 0.3) is 0 Å². The molecular formula is C11H16N2O3. The molecule has 0 aromatic rings. The van der Waals surface area contributed by atoms with Gasteiger partial charge in [0.25, 0.3) is 0 Å². The minimum Gasteiger partial charge on any atom is -0.464 e. The van der Waals surface area contributed by atoms with Crippen LogP contribution in [-0.2, 0) is 14.3 Å². The summed E-state index contributed by atoms with van der Waals surface area (Å²) < 4.78 is 4.66. The van der Waals surface area contributed by atoms with Crippen molar-refractivity contribution < 1.29 is 14.3 Å². The van der Waals surface area contributed by atoms with Crippen LogP contribution in [0.2, 0.25) is 0 Å². The Morgan fingerprint density at radius 1 is 1.50 bits per heavy atom. The molecular weight excluding hydrogens is 208 g/mol. The van der Waals surface area contributed by atoms with E-state index in [1.54, 1.807) is 13.2 Å². The standard InChI is InChI=1S/C11H16N2O3/c1-12-9(11(15)16-2)7-13-6-4-3-5-8(13)10(12)14/h7-8H,3-6H2,1-2H3. The second-order valence-corrected chi connectivity index (χ2v) is 4.15. The van der Waals surface area contributed by atoms with Gasteiger partial charge in [-0.2, -0.15) is 0 Å². The smallest absolute Gasteiger partial charge is 0.356 e. The number of piperidine rings is 1. The van der Waals surface area contributed by atoms with Crippen LogP contribution in [0.5, 0.6) is 0 Å². The average Bonchev–Trinajstić information content (AvgIpc) is 2.33. The third kappa shape index (κ3) is 1.66. The quantitative estimate of drug-likeness (QED) is 0.602. The number of esters is 1. The van der Waals surface area contributed by atoms with Crippen LogP contribution in [0.1, 0.15) is 19.3 Å². The number of methoxy groups -OCH3 is 1. The van der Waals surface area contributed by atoms with Gasteiger partial charge in [0.05, 0.1) is 7.11 Å². The van der Waals surface area contributed by atoms with Gasteiger partial charge >= 0.3 is 5.97 Å². The molecule has 2 heterocycles. The van der Waals surface area contributed by atoms with Crippen molar-refractivity contribution in [3.8, 4) is 0 Å². The molecule has 2 aliphatic heterocycles. The highest BCUT2D eigenvalue weighted by atomic mass is 16.5. The SMILES string of the molecule is COC(=O)C1=CN2CCCCC2C(=O)N1C. The first-order valence-electron chi connectivity index (χ1n) is 5.48. The zero-order valence-electron chi connectivity index (χ0n) is 9.60. The average molecular weight is 224 g/mol. The van der Waals surface area contributed by atoms with Crippen LogP contribution in [0.4, 0.5) is 0 Å². The maximum Gasteiger partial charge on any atom is 0.356 e. The highest BCUT2D eigenvalue weighted by molar-refractivity contribution is 5.96. The molecule has 0 N–H and O–H groups in total. The summed E-state index contributed by atoms with van der Waals surface area (Å²) in [6.07, 6.45) is 4.76. The van der Waals surface area contributed by atoms with E-state index in [-0.39, 0.29) is 11.9 Å². The summed E-state index contributed by atoms with van der Waals surface area (Å²) in [7, 11) is 2.95. The van der Waals surface area contributed by atoms with Gasteiger partial charge in [0.2, 0.25) is 5.91 Å². The second kappa shape index (κ2) is 4.15. The van der Waals surface area contributed by atoms with E-state index < -0.39 is 5.97 Å². The van der Waals surface area contributed by atoms with Crippen LogP contribution in [0.15, 0.2) is 11.9 Å². The summed E-state index contributed by atoms with van der Waals surface area (Å²) in [6, 6.07) is -0.0906. The minimum absolute atomic E-state index is 0.0115. The Bertz CT molecular complexity index is 351. The molecule has 2 aliphatic rings. The zero-order chi connectivity index (χ0) is 11.7. The van der Waals surface area contributed by atoms with Gasteiger partial charge in [-0.15, -0.1) is 0 Å². The predicted molar refractivity (Wildman–Crippen MR) is 57.2 cm³/mol. The lowest BCUT2D eigenvalue weighted by atomic mass is 9.99. The number of nitrogens with zero attached hydrogens (tertiary/aromatic N) is 2. The maximum absolute atomic E-state index is 12.0. The predicted octanol–water partition coefficient (Wildman–Crippen LogP) is 0.327. The van der Waals surface area contributed by atoms with Crippen molar-refractivity contribution in [2.45, 2.75) is 25.3 Å². The first kappa shape index (κ1) is 11.0. The summed E-state index contributed by atoms with van der Waals surface area (Å²) in [4.78, 5) is 26.9. The maximum atomic E-state index is 12.0. The van der Waals surface area contributed by atoms with E-state index in [1.165, 1.54) is 12.0 Å². The fourth-order valence-corrected chi connectivity index (χ4v) is 2.25. The summed E-state index contributed by atoms with van der Waals surface area (Å²) >= 11 is 0. The Morgan fingerprint density at radius 3 is 2.94 bits per heavy atom. The van der Waals surface area contributed by atoms with Gasteiger partial charge in [-0.25, -0.2) is 4.79 Å². The van der Waals surface area contributed by atoms with Crippen molar-refractivity contribution in [2.75, 3.05) is 20.7 Å². The van der Waals surface area contributed by atoms with Crippen molar-refractivity contribution >= 4 is 11.9 Å². The fourth-order valence-electron chi connectivity index (χ4n) is 2.25. The van der Waals surface area contributed by atoms with Crippen molar-refractivity contribution in [3.05, 3.63) is 11.9 Å². The molecule has 0 bridgehead atoms. The number of hydrogen-bond acceptors (Lipinski definition) is 4. The van der Waals surface area contributed by atoms with Gasteiger partial charge in [0.1, 0.15) is 11.7 Å². The highest BCUT2D eigenvalue weighted by Crippen LogP contribution is 2.25. The lowest BCUT2D eigenvalue weighted by molar-refractivity contribution is -0.145. The normalized spacial score (nSPS) is 25.0. The molecule has 0 aliphatic carbocycles. The number of fused-ring (bicyclic) bond motifs is 1. The Hall–Kier alpha value is -1.52. The third-order valence-electron chi connectivity index (χ3n) is 3.20. The first-order valence-corrected chi connectivity index (χ1v) is 5.48. The Kier molecular flexibility index (Phi) is 2.85. The van der Waals surface area contributed by atoms with Crippen molar-refractivity contribution in [3.63, 3.8) is 0 Å². The number of carbonyl (C=O) groups excluding carboxylic acids is 2. The zero-order valence-corrected chi connectivity index (χ0v) is 9.60. The summed E-state index contributed by atoms with van der Waals surface area (Å²) in [5, 5.41) is 0. The second-order valence-electron chi connectivity index (χ2n) is 4.15. The molecule has 88 valence electrons. The van der Waals surface area contributed by atoms with Gasteiger partial charge in [-0.1, -0.05) is 0 Å². The van der Waals surface area contributed by atoms with Crippen molar-refractivity contribution in [1.29, 1.82) is 0 Å². The molecule has 0 spiro atoms. The van der Waals surface area contributed by atoms with E-state index >= 15 is 0 Å². The van der Waals surface area contributed by atoms with Crippen LogP contribution in [0, 0.1) is 0 Å². The number of rotatable bonds is 1. The van der Waals surface area contributed by atoms with Gasteiger partial charge < -0.3 is 14.5 Å². The lowest BCUT2D eigenvalue weighted by Crippen LogP contribution is -2.52. The highest BCUT2D eigenvalue weighted by Gasteiger charge is 2.37. The Labute approximate surface area is 94.6 Å². The molecule has 1 amide bonds. The molecule has 1 saturated heterocycles. The van der Waals surface area contributed by atoms with Crippen LogP contribution in [-0.4, -0.2) is 48.4 Å². The minimum atomic E-state index is -0.458. The van der Waals surface area contributed by atoms with Gasteiger partial charge in [-0.05, 0) is 19.3 Å². The number of likely N-dealkylation sites (N-methyl/N-ethyl adjacent to an activating group) is 1. The van der Waals surface area contributed by atoms with Crippen LogP contribution < -0.4 is 0 Å². The monoisotopic (exact) mass is 224 g/mol. The Morgan fingerprint density at radius 2 is 2.25 bits per heavy atom. The molecule has 0 aromatic carbocycles. The van der Waals surface area contributed by atoms with Crippen LogP contribution in [0.3, 0.4) is 0 Å². The van der Waals surface area contributed by atoms with Crippen LogP contribution >= 0.6 is 0 Å². The summed E-state index contributed by atoms with van der Waals surface area (Å²) in [5.74, 6) is -0.470. The number of ether oxygens (including phenoxy) is 1. The molecule has 1 fully saturated rings. The molecule has 0 saturated carbocycles. The summed E-state index contributed by atoms with van der Waals surface area (Å²) in [5.41, 5.74) is 0.325. The van der Waals surface area contributed by atoms with E-state index in [1.807, 2.05) is 4.90 Å².